The van der Waals surface area contributed by atoms with Gasteiger partial charge in [0, 0.05) is 24.9 Å². The van der Waals surface area contributed by atoms with Crippen molar-refractivity contribution in [2.24, 2.45) is 23.5 Å². The predicted molar refractivity (Wildman–Crippen MR) is 168 cm³/mol. The Hall–Kier alpha value is -3.67. The lowest BCUT2D eigenvalue weighted by Crippen LogP contribution is -2.51. The molecule has 42 heavy (non-hydrogen) atoms. The Morgan fingerprint density at radius 2 is 1.69 bits per heavy atom. The molecule has 2 fully saturated rings. The maximum atomic E-state index is 13.8. The molecular formula is C36H45N3O3. The second kappa shape index (κ2) is 14.0. The molecule has 1 saturated heterocycles. The highest BCUT2D eigenvalue weighted by molar-refractivity contribution is 5.91. The van der Waals surface area contributed by atoms with Gasteiger partial charge in [0.1, 0.15) is 6.04 Å². The van der Waals surface area contributed by atoms with Crippen molar-refractivity contribution in [1.82, 2.24) is 10.2 Å². The molecule has 222 valence electrons. The van der Waals surface area contributed by atoms with Crippen LogP contribution in [0, 0.1) is 17.8 Å². The molecule has 1 aliphatic carbocycles. The smallest absolute Gasteiger partial charge is 0.245 e. The highest BCUT2D eigenvalue weighted by atomic mass is 16.2. The summed E-state index contributed by atoms with van der Waals surface area (Å²) in [6, 6.07) is 22.6. The monoisotopic (exact) mass is 567 g/mol. The summed E-state index contributed by atoms with van der Waals surface area (Å²) < 4.78 is 0. The summed E-state index contributed by atoms with van der Waals surface area (Å²) in [6.07, 6.45) is 8.84. The number of benzene rings is 3. The normalized spacial score (nSPS) is 19.1. The lowest BCUT2D eigenvalue weighted by atomic mass is 9.73. The lowest BCUT2D eigenvalue weighted by molar-refractivity contribution is -0.139. The zero-order valence-electron chi connectivity index (χ0n) is 24.9. The van der Waals surface area contributed by atoms with E-state index in [1.54, 1.807) is 0 Å². The maximum Gasteiger partial charge on any atom is 0.245 e. The summed E-state index contributed by atoms with van der Waals surface area (Å²) in [4.78, 5) is 41.9. The Balaban J connectivity index is 1.29. The molecule has 2 aliphatic rings. The van der Waals surface area contributed by atoms with Crippen molar-refractivity contribution < 1.29 is 14.4 Å². The number of fused-ring (bicyclic) bond motifs is 1. The molecule has 0 spiro atoms. The van der Waals surface area contributed by atoms with Gasteiger partial charge in [0.05, 0.1) is 0 Å². The van der Waals surface area contributed by atoms with Gasteiger partial charge in [-0.1, -0.05) is 93.6 Å². The van der Waals surface area contributed by atoms with Gasteiger partial charge in [0.25, 0.3) is 0 Å². The fourth-order valence-corrected chi connectivity index (χ4v) is 6.62. The molecule has 6 heteroatoms. The van der Waals surface area contributed by atoms with Crippen molar-refractivity contribution in [2.45, 2.75) is 83.7 Å². The van der Waals surface area contributed by atoms with Gasteiger partial charge in [-0.3, -0.25) is 14.4 Å². The first-order chi connectivity index (χ1) is 20.4. The molecule has 1 saturated carbocycles. The first-order valence-corrected chi connectivity index (χ1v) is 15.9. The quantitative estimate of drug-likeness (QED) is 0.258. The van der Waals surface area contributed by atoms with Crippen LogP contribution in [-0.4, -0.2) is 35.2 Å². The van der Waals surface area contributed by atoms with Crippen LogP contribution in [0.25, 0.3) is 21.9 Å². The van der Waals surface area contributed by atoms with E-state index in [9.17, 15) is 14.4 Å². The number of amides is 3. The molecule has 3 aromatic carbocycles. The number of hydrogen-bond donors (Lipinski definition) is 2. The fraction of sp³-hybridized carbons (Fsp3) is 0.472. The number of hydrogen-bond acceptors (Lipinski definition) is 3. The van der Waals surface area contributed by atoms with Crippen molar-refractivity contribution in [3.63, 3.8) is 0 Å². The summed E-state index contributed by atoms with van der Waals surface area (Å²) in [7, 11) is 0. The van der Waals surface area contributed by atoms with Crippen LogP contribution >= 0.6 is 0 Å². The minimum atomic E-state index is -0.577. The van der Waals surface area contributed by atoms with Crippen LogP contribution in [-0.2, 0) is 20.9 Å². The number of nitrogens with zero attached hydrogens (tertiary/aromatic N) is 1. The third kappa shape index (κ3) is 7.21. The molecule has 5 rings (SSSR count). The van der Waals surface area contributed by atoms with E-state index in [0.29, 0.717) is 38.3 Å². The van der Waals surface area contributed by atoms with Crippen LogP contribution in [0.4, 0.5) is 0 Å². The number of unbranched alkanes of at least 4 members (excludes halogenated alkanes) is 1. The zero-order valence-corrected chi connectivity index (χ0v) is 24.9. The molecule has 3 aromatic rings. The fourth-order valence-electron chi connectivity index (χ4n) is 6.62. The Kier molecular flexibility index (Phi) is 9.93. The van der Waals surface area contributed by atoms with E-state index >= 15 is 0 Å². The first-order valence-electron chi connectivity index (χ1n) is 15.9. The number of rotatable bonds is 12. The predicted octanol–water partition coefficient (Wildman–Crippen LogP) is 6.60. The summed E-state index contributed by atoms with van der Waals surface area (Å²) in [5.41, 5.74) is 9.16. The van der Waals surface area contributed by atoms with Gasteiger partial charge in [0.2, 0.25) is 17.7 Å². The molecule has 0 bridgehead atoms. The Morgan fingerprint density at radius 3 is 2.43 bits per heavy atom. The lowest BCUT2D eigenvalue weighted by Gasteiger charge is -2.33. The molecule has 0 aromatic heterocycles. The van der Waals surface area contributed by atoms with Crippen LogP contribution in [0.3, 0.4) is 0 Å². The van der Waals surface area contributed by atoms with Crippen molar-refractivity contribution in [3.8, 4) is 11.1 Å². The molecule has 2 unspecified atom stereocenters. The minimum absolute atomic E-state index is 0.0384. The third-order valence-electron chi connectivity index (χ3n) is 9.35. The van der Waals surface area contributed by atoms with E-state index in [4.69, 9.17) is 5.73 Å². The van der Waals surface area contributed by atoms with Crippen LogP contribution in [0.1, 0.15) is 76.7 Å². The van der Waals surface area contributed by atoms with Gasteiger partial charge in [-0.25, -0.2) is 0 Å². The number of primary amides is 1. The number of nitrogens with one attached hydrogen (secondary N) is 1. The van der Waals surface area contributed by atoms with E-state index in [1.807, 2.05) is 17.0 Å². The van der Waals surface area contributed by atoms with Gasteiger partial charge in [-0.05, 0) is 77.6 Å². The summed E-state index contributed by atoms with van der Waals surface area (Å²) in [5.74, 6) is -1.12. The first kappa shape index (κ1) is 29.8. The van der Waals surface area contributed by atoms with Crippen molar-refractivity contribution in [1.29, 1.82) is 0 Å². The molecule has 1 heterocycles. The van der Waals surface area contributed by atoms with Crippen LogP contribution in [0.5, 0.6) is 0 Å². The van der Waals surface area contributed by atoms with Gasteiger partial charge in [0.15, 0.2) is 0 Å². The molecule has 1 aliphatic heterocycles. The van der Waals surface area contributed by atoms with Crippen LogP contribution < -0.4 is 11.1 Å². The van der Waals surface area contributed by atoms with Crippen molar-refractivity contribution in [2.75, 3.05) is 6.54 Å². The molecule has 3 N–H and O–H groups in total. The van der Waals surface area contributed by atoms with E-state index in [0.717, 1.165) is 55.2 Å². The summed E-state index contributed by atoms with van der Waals surface area (Å²) in [6.45, 7) is 3.24. The van der Waals surface area contributed by atoms with Gasteiger partial charge < -0.3 is 16.0 Å². The topological polar surface area (TPSA) is 92.5 Å². The van der Waals surface area contributed by atoms with Gasteiger partial charge >= 0.3 is 0 Å². The summed E-state index contributed by atoms with van der Waals surface area (Å²) in [5, 5.41) is 5.52. The highest BCUT2D eigenvalue weighted by Crippen LogP contribution is 2.36. The Morgan fingerprint density at radius 1 is 0.905 bits per heavy atom. The van der Waals surface area contributed by atoms with Crippen molar-refractivity contribution >= 4 is 28.5 Å². The Labute approximate surface area is 250 Å². The Bertz CT molecular complexity index is 1400. The van der Waals surface area contributed by atoms with Crippen molar-refractivity contribution in [3.05, 3.63) is 72.3 Å². The second-order valence-electron chi connectivity index (χ2n) is 12.4. The third-order valence-corrected chi connectivity index (χ3v) is 9.35. The average Bonchev–Trinajstić information content (AvgIpc) is 3.14. The second-order valence-corrected chi connectivity index (χ2v) is 12.4. The number of likely N-dealkylation sites (tertiary alicyclic amines) is 1. The minimum Gasteiger partial charge on any atom is -0.369 e. The van der Waals surface area contributed by atoms with E-state index in [2.05, 4.69) is 66.8 Å². The SMILES string of the molecule is CCCCC(C(N)=O)C(CC1CCC1)C(=O)N[C@H]1CCCCN(Cc2cccc(-c3ccc4ccccc4c3)c2)C1=O. The average molecular weight is 568 g/mol. The van der Waals surface area contributed by atoms with Crippen LogP contribution in [0.2, 0.25) is 0 Å². The molecule has 6 nitrogen and oxygen atoms in total. The standard InChI is InChI=1S/C36H45N3O3/c1-2-3-16-31(34(37)40)32(22-25-10-8-11-25)35(41)38-33-17-6-7-20-39(36(33)42)24-26-12-9-15-28(21-26)30-19-18-27-13-4-5-14-29(27)23-30/h4-5,9,12-15,18-19,21,23,25,31-33H,2-3,6-8,10-11,16-17,20,22,24H2,1H3,(H2,37,40)(H,38,41)/t31?,32?,33-/m0/s1. The molecule has 0 radical (unpaired) electrons. The number of nitrogens with two attached hydrogens (primary N) is 1. The molecular weight excluding hydrogens is 522 g/mol. The van der Waals surface area contributed by atoms with Crippen LogP contribution in [0.15, 0.2) is 66.7 Å². The maximum absolute atomic E-state index is 13.8. The number of carbonyl (C=O) groups excluding carboxylic acids is 3. The van der Waals surface area contributed by atoms with E-state index in [1.165, 1.54) is 17.2 Å². The largest absolute Gasteiger partial charge is 0.369 e. The highest BCUT2D eigenvalue weighted by Gasteiger charge is 2.38. The van der Waals surface area contributed by atoms with Gasteiger partial charge in [-0.2, -0.15) is 0 Å². The zero-order chi connectivity index (χ0) is 29.5. The van der Waals surface area contributed by atoms with E-state index < -0.39 is 23.8 Å². The summed E-state index contributed by atoms with van der Waals surface area (Å²) >= 11 is 0. The molecule has 3 amide bonds. The molecule has 3 atom stereocenters. The number of carbonyl (C=O) groups is 3. The van der Waals surface area contributed by atoms with E-state index in [-0.39, 0.29) is 11.8 Å². The van der Waals surface area contributed by atoms with Gasteiger partial charge in [-0.15, -0.1) is 0 Å².